The van der Waals surface area contributed by atoms with E-state index in [9.17, 15) is 18.3 Å². The van der Waals surface area contributed by atoms with Gasteiger partial charge in [0.15, 0.2) is 0 Å². The average Bonchev–Trinajstić information content (AvgIpc) is 2.38. The van der Waals surface area contributed by atoms with Crippen LogP contribution in [0, 0.1) is 6.92 Å². The van der Waals surface area contributed by atoms with Crippen LogP contribution < -0.4 is 5.11 Å². The number of rotatable bonds is 3. The molecule has 0 spiro atoms. The Bertz CT molecular complexity index is 624. The molecule has 0 saturated carbocycles. The number of aryl methyl sites for hydroxylation is 1. The lowest BCUT2D eigenvalue weighted by Crippen LogP contribution is -2.42. The molecule has 1 aliphatic heterocycles. The lowest BCUT2D eigenvalue weighted by atomic mass is 10.1. The van der Waals surface area contributed by atoms with Gasteiger partial charge in [0.1, 0.15) is 0 Å². The fourth-order valence-corrected chi connectivity index (χ4v) is 4.27. The third-order valence-corrected chi connectivity index (χ3v) is 5.79. The maximum absolute atomic E-state index is 12.6. The minimum Gasteiger partial charge on any atom is -0.545 e. The summed E-state index contributed by atoms with van der Waals surface area (Å²) in [6.07, 6.45) is 2.69. The first-order chi connectivity index (χ1) is 9.34. The van der Waals surface area contributed by atoms with Gasteiger partial charge >= 0.3 is 0 Å². The van der Waals surface area contributed by atoms with Crippen molar-refractivity contribution in [1.29, 1.82) is 0 Å². The largest absolute Gasteiger partial charge is 0.545 e. The second kappa shape index (κ2) is 5.54. The minimum absolute atomic E-state index is 0.0241. The Morgan fingerprint density at radius 2 is 2.05 bits per heavy atom. The third kappa shape index (κ3) is 2.71. The number of hydrogen-bond acceptors (Lipinski definition) is 4. The summed E-state index contributed by atoms with van der Waals surface area (Å²) < 4.78 is 26.7. The van der Waals surface area contributed by atoms with Crippen LogP contribution in [0.3, 0.4) is 0 Å². The first kappa shape index (κ1) is 15.0. The van der Waals surface area contributed by atoms with Crippen molar-refractivity contribution in [2.45, 2.75) is 44.0 Å². The topological polar surface area (TPSA) is 77.5 Å². The molecule has 1 aromatic rings. The molecule has 2 rings (SSSR count). The fraction of sp³-hybridized carbons (Fsp3) is 0.500. The van der Waals surface area contributed by atoms with Gasteiger partial charge in [0.2, 0.25) is 10.0 Å². The Balaban J connectivity index is 2.44. The molecule has 5 nitrogen and oxygen atoms in total. The highest BCUT2D eigenvalue weighted by Crippen LogP contribution is 2.26. The van der Waals surface area contributed by atoms with E-state index in [2.05, 4.69) is 0 Å². The number of piperidine rings is 1. The van der Waals surface area contributed by atoms with Crippen LogP contribution in [-0.2, 0) is 10.0 Å². The van der Waals surface area contributed by atoms with Gasteiger partial charge in [-0.15, -0.1) is 0 Å². The number of carboxylic acid groups (broad SMARTS) is 1. The molecule has 0 aliphatic carbocycles. The monoisotopic (exact) mass is 296 g/mol. The van der Waals surface area contributed by atoms with Crippen molar-refractivity contribution in [2.75, 3.05) is 6.54 Å². The van der Waals surface area contributed by atoms with Crippen molar-refractivity contribution in [3.63, 3.8) is 0 Å². The number of sulfonamides is 1. The molecule has 1 saturated heterocycles. The maximum atomic E-state index is 12.6. The number of hydrogen-bond donors (Lipinski definition) is 0. The van der Waals surface area contributed by atoms with Gasteiger partial charge in [-0.3, -0.25) is 0 Å². The summed E-state index contributed by atoms with van der Waals surface area (Å²) in [5, 5.41) is 11.0. The zero-order chi connectivity index (χ0) is 14.9. The van der Waals surface area contributed by atoms with Crippen LogP contribution in [0.1, 0.15) is 42.1 Å². The van der Waals surface area contributed by atoms with Gasteiger partial charge in [0.05, 0.1) is 10.9 Å². The second-order valence-corrected chi connectivity index (χ2v) is 7.12. The molecule has 1 aromatic carbocycles. The number of carbonyl (C=O) groups is 1. The van der Waals surface area contributed by atoms with E-state index in [1.807, 2.05) is 6.92 Å². The molecule has 110 valence electrons. The van der Waals surface area contributed by atoms with Crippen molar-refractivity contribution in [3.05, 3.63) is 29.3 Å². The molecule has 0 radical (unpaired) electrons. The van der Waals surface area contributed by atoms with E-state index in [0.29, 0.717) is 12.1 Å². The first-order valence-corrected chi connectivity index (χ1v) is 8.12. The SMILES string of the molecule is Cc1ccc(S(=O)(=O)N2CCCC[C@H]2C)cc1C(=O)[O-]. The van der Waals surface area contributed by atoms with E-state index in [0.717, 1.165) is 19.3 Å². The molecule has 0 aromatic heterocycles. The van der Waals surface area contributed by atoms with E-state index >= 15 is 0 Å². The predicted octanol–water partition coefficient (Wildman–Crippen LogP) is 0.922. The smallest absolute Gasteiger partial charge is 0.243 e. The zero-order valence-corrected chi connectivity index (χ0v) is 12.4. The molecular formula is C14H18NO4S-. The van der Waals surface area contributed by atoms with E-state index in [-0.39, 0.29) is 16.5 Å². The van der Waals surface area contributed by atoms with E-state index < -0.39 is 16.0 Å². The molecule has 1 atom stereocenters. The van der Waals surface area contributed by atoms with E-state index in [1.54, 1.807) is 6.92 Å². The highest BCUT2D eigenvalue weighted by molar-refractivity contribution is 7.89. The molecule has 0 amide bonds. The van der Waals surface area contributed by atoms with Crippen LogP contribution in [0.2, 0.25) is 0 Å². The van der Waals surface area contributed by atoms with Crippen LogP contribution >= 0.6 is 0 Å². The molecule has 1 heterocycles. The molecular weight excluding hydrogens is 278 g/mol. The van der Waals surface area contributed by atoms with Gasteiger partial charge in [-0.1, -0.05) is 12.5 Å². The van der Waals surface area contributed by atoms with E-state index in [1.165, 1.54) is 22.5 Å². The summed E-state index contributed by atoms with van der Waals surface area (Å²) in [5.74, 6) is -1.36. The molecule has 6 heteroatoms. The maximum Gasteiger partial charge on any atom is 0.243 e. The number of nitrogens with zero attached hydrogens (tertiary/aromatic N) is 1. The Morgan fingerprint density at radius 1 is 1.35 bits per heavy atom. The van der Waals surface area contributed by atoms with Crippen LogP contribution in [0.4, 0.5) is 0 Å². The fourth-order valence-electron chi connectivity index (χ4n) is 2.55. The van der Waals surface area contributed by atoms with Crippen molar-refractivity contribution in [2.24, 2.45) is 0 Å². The lowest BCUT2D eigenvalue weighted by Gasteiger charge is -2.32. The summed E-state index contributed by atoms with van der Waals surface area (Å²) in [7, 11) is -3.64. The summed E-state index contributed by atoms with van der Waals surface area (Å²) in [4.78, 5) is 11.0. The van der Waals surface area contributed by atoms with Crippen LogP contribution in [0.25, 0.3) is 0 Å². The third-order valence-electron chi connectivity index (χ3n) is 3.78. The number of carbonyl (C=O) groups excluding carboxylic acids is 1. The molecule has 1 aliphatic rings. The minimum atomic E-state index is -3.64. The molecule has 1 fully saturated rings. The highest BCUT2D eigenvalue weighted by atomic mass is 32.2. The first-order valence-electron chi connectivity index (χ1n) is 6.68. The van der Waals surface area contributed by atoms with Crippen molar-refractivity contribution < 1.29 is 18.3 Å². The quantitative estimate of drug-likeness (QED) is 0.831. The molecule has 20 heavy (non-hydrogen) atoms. The average molecular weight is 296 g/mol. The predicted molar refractivity (Wildman–Crippen MR) is 72.7 cm³/mol. The molecule has 0 unspecified atom stereocenters. The number of carboxylic acids is 1. The Hall–Kier alpha value is -1.40. The normalized spacial score (nSPS) is 20.8. The van der Waals surface area contributed by atoms with Gasteiger partial charge in [-0.25, -0.2) is 8.42 Å². The van der Waals surface area contributed by atoms with Gasteiger partial charge < -0.3 is 9.90 Å². The van der Waals surface area contributed by atoms with Crippen molar-refractivity contribution in [1.82, 2.24) is 4.31 Å². The molecule has 0 N–H and O–H groups in total. The number of aromatic carboxylic acids is 1. The van der Waals surface area contributed by atoms with Gasteiger partial charge in [0.25, 0.3) is 0 Å². The van der Waals surface area contributed by atoms with E-state index in [4.69, 9.17) is 0 Å². The van der Waals surface area contributed by atoms with Crippen molar-refractivity contribution >= 4 is 16.0 Å². The van der Waals surface area contributed by atoms with Crippen LogP contribution in [0.5, 0.6) is 0 Å². The summed E-state index contributed by atoms with van der Waals surface area (Å²) in [5.41, 5.74) is 0.423. The molecule has 0 bridgehead atoms. The van der Waals surface area contributed by atoms with Gasteiger partial charge in [-0.05, 0) is 44.4 Å². The van der Waals surface area contributed by atoms with Crippen LogP contribution in [0.15, 0.2) is 23.1 Å². The summed E-state index contributed by atoms with van der Waals surface area (Å²) >= 11 is 0. The Morgan fingerprint density at radius 3 is 2.65 bits per heavy atom. The Kier molecular flexibility index (Phi) is 4.15. The standard InChI is InChI=1S/C14H19NO4S/c1-10-6-7-12(9-13(10)14(16)17)20(18,19)15-8-4-3-5-11(15)2/h6-7,9,11H,3-5,8H2,1-2H3,(H,16,17)/p-1/t11-/m1/s1. The van der Waals surface area contributed by atoms with Crippen LogP contribution in [-0.4, -0.2) is 31.3 Å². The zero-order valence-electron chi connectivity index (χ0n) is 11.6. The highest BCUT2D eigenvalue weighted by Gasteiger charge is 2.31. The second-order valence-electron chi connectivity index (χ2n) is 5.22. The number of benzene rings is 1. The van der Waals surface area contributed by atoms with Gasteiger partial charge in [0, 0.05) is 18.2 Å². The van der Waals surface area contributed by atoms with Crippen molar-refractivity contribution in [3.8, 4) is 0 Å². The Labute approximate surface area is 119 Å². The summed E-state index contributed by atoms with van der Waals surface area (Å²) in [6.45, 7) is 3.98. The lowest BCUT2D eigenvalue weighted by molar-refractivity contribution is -0.255. The summed E-state index contributed by atoms with van der Waals surface area (Å²) in [6, 6.07) is 4.10. The van der Waals surface area contributed by atoms with Gasteiger partial charge in [-0.2, -0.15) is 4.31 Å².